The molecule has 0 heterocycles. The van der Waals surface area contributed by atoms with E-state index in [0.29, 0.717) is 30.1 Å². The summed E-state index contributed by atoms with van der Waals surface area (Å²) in [7, 11) is 3.27. The summed E-state index contributed by atoms with van der Waals surface area (Å²) in [6.07, 6.45) is 0.675. The van der Waals surface area contributed by atoms with E-state index in [1.807, 2.05) is 56.3 Å². The molecular weight excluding hydrogens is 374 g/mol. The molecule has 0 aliphatic carbocycles. The van der Waals surface area contributed by atoms with Crippen LogP contribution in [0.2, 0.25) is 5.02 Å². The van der Waals surface area contributed by atoms with Crippen molar-refractivity contribution in [1.29, 1.82) is 0 Å². The third-order valence-corrected chi connectivity index (χ3v) is 4.77. The van der Waals surface area contributed by atoms with Crippen molar-refractivity contribution in [1.82, 2.24) is 4.90 Å². The van der Waals surface area contributed by atoms with E-state index in [9.17, 15) is 4.79 Å². The fourth-order valence-electron chi connectivity index (χ4n) is 3.37. The summed E-state index contributed by atoms with van der Waals surface area (Å²) < 4.78 is 0. The number of hydrogen-bond acceptors (Lipinski definition) is 4. The van der Waals surface area contributed by atoms with Crippen molar-refractivity contribution in [2.24, 2.45) is 10.9 Å². The van der Waals surface area contributed by atoms with Gasteiger partial charge < -0.3 is 15.5 Å². The van der Waals surface area contributed by atoms with Crippen molar-refractivity contribution < 1.29 is 9.63 Å². The molecule has 0 saturated carbocycles. The molecule has 0 fully saturated rings. The predicted molar refractivity (Wildman–Crippen MR) is 115 cm³/mol. The van der Waals surface area contributed by atoms with Crippen LogP contribution in [0.5, 0.6) is 0 Å². The Bertz CT molecular complexity index is 831. The van der Waals surface area contributed by atoms with Crippen LogP contribution >= 0.6 is 11.6 Å². The zero-order valence-corrected chi connectivity index (χ0v) is 17.7. The van der Waals surface area contributed by atoms with Gasteiger partial charge in [-0.1, -0.05) is 46.1 Å². The van der Waals surface area contributed by atoms with E-state index >= 15 is 0 Å². The van der Waals surface area contributed by atoms with Crippen LogP contribution in [-0.4, -0.2) is 43.8 Å². The lowest BCUT2D eigenvalue weighted by Gasteiger charge is -2.24. The molecule has 0 aliphatic heterocycles. The maximum Gasteiger partial charge on any atom is 0.253 e. The van der Waals surface area contributed by atoms with Gasteiger partial charge in [-0.3, -0.25) is 4.79 Å². The lowest BCUT2D eigenvalue weighted by molar-refractivity contribution is 0.0812. The maximum absolute atomic E-state index is 12.9. The van der Waals surface area contributed by atoms with Crippen molar-refractivity contribution >= 4 is 23.2 Å². The molecular formula is C22H28ClN3O2. The summed E-state index contributed by atoms with van der Waals surface area (Å²) in [6.45, 7) is 4.78. The van der Waals surface area contributed by atoms with Gasteiger partial charge in [0.05, 0.1) is 12.3 Å². The molecule has 0 radical (unpaired) electrons. The second kappa shape index (κ2) is 10.2. The molecule has 0 bridgehead atoms. The van der Waals surface area contributed by atoms with Crippen molar-refractivity contribution in [3.63, 3.8) is 0 Å². The first kappa shape index (κ1) is 21.9. The van der Waals surface area contributed by atoms with Gasteiger partial charge in [-0.05, 0) is 56.6 Å². The highest BCUT2D eigenvalue weighted by Gasteiger charge is 2.23. The highest BCUT2D eigenvalue weighted by Crippen LogP contribution is 2.25. The van der Waals surface area contributed by atoms with Crippen LogP contribution in [0.25, 0.3) is 0 Å². The lowest BCUT2D eigenvalue weighted by atomic mass is 9.90. The standard InChI is InChI=1S/C22H28ClN3O2/c1-15-10-16(2)12-18(11-15)22(27)26(3)14-21(25-28-4)20(8-9-24)17-6-5-7-19(23)13-17/h5-7,10-13,20H,8-9,14,24H2,1-4H3/b25-21+. The first-order valence-electron chi connectivity index (χ1n) is 9.25. The molecule has 1 unspecified atom stereocenters. The molecule has 1 amide bonds. The number of amides is 1. The minimum Gasteiger partial charge on any atom is -0.399 e. The van der Waals surface area contributed by atoms with Crippen molar-refractivity contribution in [3.05, 3.63) is 69.7 Å². The number of nitrogens with zero attached hydrogens (tertiary/aromatic N) is 2. The molecule has 2 aromatic rings. The Labute approximate surface area is 172 Å². The van der Waals surface area contributed by atoms with Gasteiger partial charge in [0.15, 0.2) is 0 Å². The molecule has 0 aliphatic rings. The van der Waals surface area contributed by atoms with Gasteiger partial charge in [-0.2, -0.15) is 0 Å². The van der Waals surface area contributed by atoms with Crippen molar-refractivity contribution in [2.75, 3.05) is 27.2 Å². The predicted octanol–water partition coefficient (Wildman–Crippen LogP) is 4.16. The normalized spacial score (nSPS) is 12.6. The molecule has 2 aromatic carbocycles. The molecule has 28 heavy (non-hydrogen) atoms. The topological polar surface area (TPSA) is 67.9 Å². The Morgan fingerprint density at radius 1 is 1.21 bits per heavy atom. The minimum absolute atomic E-state index is 0.0619. The zero-order chi connectivity index (χ0) is 20.7. The Balaban J connectivity index is 2.29. The van der Waals surface area contributed by atoms with Crippen molar-refractivity contribution in [3.8, 4) is 0 Å². The molecule has 2 N–H and O–H groups in total. The van der Waals surface area contributed by atoms with Gasteiger partial charge >= 0.3 is 0 Å². The molecule has 5 nitrogen and oxygen atoms in total. The van der Waals surface area contributed by atoms with Gasteiger partial charge in [0.1, 0.15) is 7.11 Å². The number of nitrogens with two attached hydrogens (primary N) is 1. The van der Waals surface area contributed by atoms with E-state index in [-0.39, 0.29) is 11.8 Å². The van der Waals surface area contributed by atoms with Crippen LogP contribution in [0.4, 0.5) is 0 Å². The molecule has 2 rings (SSSR count). The van der Waals surface area contributed by atoms with Gasteiger partial charge in [-0.25, -0.2) is 0 Å². The summed E-state index contributed by atoms with van der Waals surface area (Å²) in [5.74, 6) is -0.147. The molecule has 0 aromatic heterocycles. The van der Waals surface area contributed by atoms with Crippen LogP contribution in [0.1, 0.15) is 39.4 Å². The van der Waals surface area contributed by atoms with Crippen LogP contribution in [0.15, 0.2) is 47.6 Å². The summed E-state index contributed by atoms with van der Waals surface area (Å²) >= 11 is 6.17. The number of halogens is 1. The van der Waals surface area contributed by atoms with Gasteiger partial charge in [0, 0.05) is 23.6 Å². The van der Waals surface area contributed by atoms with Crippen LogP contribution in [-0.2, 0) is 4.84 Å². The summed E-state index contributed by atoms with van der Waals surface area (Å²) in [5, 5.41) is 4.87. The summed E-state index contributed by atoms with van der Waals surface area (Å²) in [6, 6.07) is 13.5. The van der Waals surface area contributed by atoms with Gasteiger partial charge in [0.25, 0.3) is 5.91 Å². The van der Waals surface area contributed by atoms with E-state index in [1.165, 1.54) is 7.11 Å². The Kier molecular flexibility index (Phi) is 8.03. The fraction of sp³-hybridized carbons (Fsp3) is 0.364. The van der Waals surface area contributed by atoms with E-state index in [4.69, 9.17) is 22.2 Å². The quantitative estimate of drug-likeness (QED) is 0.533. The molecule has 0 spiro atoms. The third kappa shape index (κ3) is 5.81. The maximum atomic E-state index is 12.9. The van der Waals surface area contributed by atoms with E-state index in [1.54, 1.807) is 11.9 Å². The second-order valence-corrected chi connectivity index (χ2v) is 7.42. The minimum atomic E-state index is -0.0851. The number of hydrogen-bond donors (Lipinski definition) is 1. The van der Waals surface area contributed by atoms with Gasteiger partial charge in [-0.15, -0.1) is 0 Å². The van der Waals surface area contributed by atoms with Crippen LogP contribution in [0, 0.1) is 13.8 Å². The highest BCUT2D eigenvalue weighted by molar-refractivity contribution is 6.30. The number of oxime groups is 1. The first-order valence-corrected chi connectivity index (χ1v) is 9.62. The van der Waals surface area contributed by atoms with Crippen molar-refractivity contribution in [2.45, 2.75) is 26.2 Å². The Hall–Kier alpha value is -2.37. The number of benzene rings is 2. The monoisotopic (exact) mass is 401 g/mol. The van der Waals surface area contributed by atoms with Gasteiger partial charge in [0.2, 0.25) is 0 Å². The first-order chi connectivity index (χ1) is 13.3. The zero-order valence-electron chi connectivity index (χ0n) is 16.9. The Morgan fingerprint density at radius 3 is 2.46 bits per heavy atom. The molecule has 1 atom stereocenters. The average Bonchev–Trinajstić information content (AvgIpc) is 2.64. The molecule has 150 valence electrons. The third-order valence-electron chi connectivity index (χ3n) is 4.53. The largest absolute Gasteiger partial charge is 0.399 e. The van der Waals surface area contributed by atoms with Crippen LogP contribution in [0.3, 0.4) is 0 Å². The summed E-state index contributed by atoms with van der Waals surface area (Å²) in [4.78, 5) is 19.7. The molecule has 6 heteroatoms. The number of carbonyl (C=O) groups excluding carboxylic acids is 1. The fourth-order valence-corrected chi connectivity index (χ4v) is 3.57. The highest BCUT2D eigenvalue weighted by atomic mass is 35.5. The Morgan fingerprint density at radius 2 is 1.89 bits per heavy atom. The van der Waals surface area contributed by atoms with E-state index < -0.39 is 0 Å². The van der Waals surface area contributed by atoms with E-state index in [0.717, 1.165) is 22.4 Å². The smallest absolute Gasteiger partial charge is 0.253 e. The van der Waals surface area contributed by atoms with E-state index in [2.05, 4.69) is 5.16 Å². The second-order valence-electron chi connectivity index (χ2n) is 6.99. The number of aryl methyl sites for hydroxylation is 2. The number of carbonyl (C=O) groups is 1. The average molecular weight is 402 g/mol. The summed E-state index contributed by atoms with van der Waals surface area (Å²) in [5.41, 5.74) is 10.4. The molecule has 0 saturated heterocycles. The van der Waals surface area contributed by atoms with Crippen LogP contribution < -0.4 is 5.73 Å². The lowest BCUT2D eigenvalue weighted by Crippen LogP contribution is -2.35. The SMILES string of the molecule is CO/N=C(\CN(C)C(=O)c1cc(C)cc(C)c1)C(CCN)c1cccc(Cl)c1. The number of rotatable bonds is 8.